The molecule has 0 bridgehead atoms. The van der Waals surface area contributed by atoms with Crippen molar-refractivity contribution in [3.8, 4) is 0 Å². The van der Waals surface area contributed by atoms with Gasteiger partial charge >= 0.3 is 0 Å². The highest BCUT2D eigenvalue weighted by Crippen LogP contribution is 2.25. The molecule has 26 heavy (non-hydrogen) atoms. The quantitative estimate of drug-likeness (QED) is 0.387. The van der Waals surface area contributed by atoms with Crippen LogP contribution in [0, 0.1) is 0 Å². The number of thioether (sulfide) groups is 1. The van der Waals surface area contributed by atoms with Crippen molar-refractivity contribution >= 4 is 28.6 Å². The molecule has 0 spiro atoms. The maximum absolute atomic E-state index is 12.3. The molecular formula is C21H19N3OS. The molecule has 2 aromatic heterocycles. The second kappa shape index (κ2) is 7.62. The number of hydrogen-bond acceptors (Lipinski definition) is 3. The Hall–Kier alpha value is -2.79. The Kier molecular flexibility index (Phi) is 4.88. The average Bonchev–Trinajstić information content (AvgIpc) is 3.33. The zero-order valence-electron chi connectivity index (χ0n) is 14.3. The van der Waals surface area contributed by atoms with Gasteiger partial charge in [0, 0.05) is 12.7 Å². The predicted molar refractivity (Wildman–Crippen MR) is 106 cm³/mol. The van der Waals surface area contributed by atoms with Crippen LogP contribution in [-0.4, -0.2) is 26.1 Å². The third-order valence-electron chi connectivity index (χ3n) is 4.32. The largest absolute Gasteiger partial charge is 0.359 e. The molecule has 0 aliphatic carbocycles. The summed E-state index contributed by atoms with van der Waals surface area (Å²) in [7, 11) is 0. The topological polar surface area (TPSA) is 50.7 Å². The van der Waals surface area contributed by atoms with Gasteiger partial charge in [-0.1, -0.05) is 54.2 Å². The van der Waals surface area contributed by atoms with Gasteiger partial charge in [0.05, 0.1) is 22.5 Å². The summed E-state index contributed by atoms with van der Waals surface area (Å²) in [6, 6.07) is 22.2. The van der Waals surface area contributed by atoms with E-state index in [4.69, 9.17) is 4.98 Å². The van der Waals surface area contributed by atoms with E-state index in [9.17, 15) is 4.79 Å². The zero-order chi connectivity index (χ0) is 17.8. The number of aromatic amines is 1. The summed E-state index contributed by atoms with van der Waals surface area (Å²) in [4.78, 5) is 20.0. The minimum absolute atomic E-state index is 0.0849. The minimum Gasteiger partial charge on any atom is -0.359 e. The summed E-state index contributed by atoms with van der Waals surface area (Å²) in [6.45, 7) is 0.837. The second-order valence-corrected chi connectivity index (χ2v) is 7.01. The third kappa shape index (κ3) is 3.58. The molecule has 0 aliphatic heterocycles. The number of carbonyl (C=O) groups is 1. The minimum atomic E-state index is 0.0849. The molecule has 0 atom stereocenters. The van der Waals surface area contributed by atoms with Crippen molar-refractivity contribution in [3.05, 3.63) is 84.2 Å². The van der Waals surface area contributed by atoms with Gasteiger partial charge in [0.1, 0.15) is 0 Å². The van der Waals surface area contributed by atoms with E-state index >= 15 is 0 Å². The molecule has 4 aromatic rings. The number of imidazole rings is 1. The number of para-hydroxylation sites is 2. The maximum atomic E-state index is 12.3. The Bertz CT molecular complexity index is 1010. The van der Waals surface area contributed by atoms with Gasteiger partial charge in [-0.2, -0.15) is 0 Å². The summed E-state index contributed by atoms with van der Waals surface area (Å²) in [5.74, 6) is 0.455. The summed E-state index contributed by atoms with van der Waals surface area (Å²) in [5.41, 5.74) is 4.02. The molecule has 0 unspecified atom stereocenters. The fourth-order valence-corrected chi connectivity index (χ4v) is 3.90. The number of ketones is 1. The van der Waals surface area contributed by atoms with Gasteiger partial charge in [-0.3, -0.25) is 4.79 Å². The number of carbonyl (C=O) groups excluding carboxylic acids is 1. The standard InChI is InChI=1S/C21H19N3OS/c25-20(18-10-6-13-22-18)15-26-21-23-17-9-4-5-11-19(17)24(21)14-12-16-7-2-1-3-8-16/h1-11,13,22H,12,14-15H2. The fraction of sp³-hybridized carbons (Fsp3) is 0.143. The lowest BCUT2D eigenvalue weighted by atomic mass is 10.1. The van der Waals surface area contributed by atoms with Crippen LogP contribution < -0.4 is 0 Å². The lowest BCUT2D eigenvalue weighted by Crippen LogP contribution is -2.06. The third-order valence-corrected chi connectivity index (χ3v) is 5.29. The van der Waals surface area contributed by atoms with Crippen LogP contribution in [0.15, 0.2) is 78.1 Å². The summed E-state index contributed by atoms with van der Waals surface area (Å²) < 4.78 is 2.22. The molecule has 0 radical (unpaired) electrons. The normalized spacial score (nSPS) is 11.1. The predicted octanol–water partition coefficient (Wildman–Crippen LogP) is 4.58. The number of rotatable bonds is 7. The van der Waals surface area contributed by atoms with Crippen molar-refractivity contribution in [2.75, 3.05) is 5.75 Å². The highest BCUT2D eigenvalue weighted by atomic mass is 32.2. The van der Waals surface area contributed by atoms with E-state index in [1.807, 2.05) is 30.3 Å². The van der Waals surface area contributed by atoms with Crippen LogP contribution in [0.2, 0.25) is 0 Å². The van der Waals surface area contributed by atoms with Crippen molar-refractivity contribution < 1.29 is 4.79 Å². The van der Waals surface area contributed by atoms with E-state index in [1.54, 1.807) is 12.3 Å². The van der Waals surface area contributed by atoms with Gasteiger partial charge in [-0.25, -0.2) is 4.98 Å². The average molecular weight is 361 g/mol. The molecule has 1 N–H and O–H groups in total. The fourth-order valence-electron chi connectivity index (χ4n) is 2.98. The van der Waals surface area contributed by atoms with E-state index in [-0.39, 0.29) is 5.78 Å². The van der Waals surface area contributed by atoms with Crippen LogP contribution in [0.3, 0.4) is 0 Å². The van der Waals surface area contributed by atoms with E-state index in [0.717, 1.165) is 29.2 Å². The number of nitrogens with zero attached hydrogens (tertiary/aromatic N) is 2. The first-order chi connectivity index (χ1) is 12.8. The van der Waals surface area contributed by atoms with Gasteiger partial charge in [-0.15, -0.1) is 0 Å². The number of fused-ring (bicyclic) bond motifs is 1. The number of H-pyrrole nitrogens is 1. The van der Waals surface area contributed by atoms with Crippen LogP contribution in [0.5, 0.6) is 0 Å². The van der Waals surface area contributed by atoms with Gasteiger partial charge < -0.3 is 9.55 Å². The van der Waals surface area contributed by atoms with Gasteiger partial charge in [-0.05, 0) is 36.2 Å². The lowest BCUT2D eigenvalue weighted by Gasteiger charge is -2.09. The maximum Gasteiger partial charge on any atom is 0.189 e. The van der Waals surface area contributed by atoms with Crippen molar-refractivity contribution in [2.24, 2.45) is 0 Å². The number of Topliss-reactive ketones (excluding diaryl/α,β-unsaturated/α-hetero) is 1. The van der Waals surface area contributed by atoms with E-state index in [0.29, 0.717) is 11.4 Å². The van der Waals surface area contributed by atoms with Crippen molar-refractivity contribution in [1.29, 1.82) is 0 Å². The highest BCUT2D eigenvalue weighted by molar-refractivity contribution is 7.99. The SMILES string of the molecule is O=C(CSc1nc2ccccc2n1CCc1ccccc1)c1ccc[nH]1. The Labute approximate surface area is 156 Å². The van der Waals surface area contributed by atoms with Crippen molar-refractivity contribution in [1.82, 2.24) is 14.5 Å². The summed E-state index contributed by atoms with van der Waals surface area (Å²) >= 11 is 1.50. The molecule has 4 nitrogen and oxygen atoms in total. The summed E-state index contributed by atoms with van der Waals surface area (Å²) in [5, 5.41) is 0.891. The Morgan fingerprint density at radius 2 is 1.81 bits per heavy atom. The summed E-state index contributed by atoms with van der Waals surface area (Å²) in [6.07, 6.45) is 2.70. The Morgan fingerprint density at radius 1 is 1.00 bits per heavy atom. The van der Waals surface area contributed by atoms with E-state index in [2.05, 4.69) is 39.9 Å². The van der Waals surface area contributed by atoms with E-state index < -0.39 is 0 Å². The molecule has 0 amide bonds. The van der Waals surface area contributed by atoms with Gasteiger partial charge in [0.25, 0.3) is 0 Å². The van der Waals surface area contributed by atoms with Gasteiger partial charge in [0.15, 0.2) is 10.9 Å². The first-order valence-corrected chi connectivity index (χ1v) is 9.58. The zero-order valence-corrected chi connectivity index (χ0v) is 15.1. The number of benzene rings is 2. The smallest absolute Gasteiger partial charge is 0.189 e. The van der Waals surface area contributed by atoms with E-state index in [1.165, 1.54) is 17.3 Å². The molecule has 0 aliphatic rings. The molecule has 0 fully saturated rings. The molecule has 4 rings (SSSR count). The van der Waals surface area contributed by atoms with Crippen LogP contribution in [0.4, 0.5) is 0 Å². The number of nitrogens with one attached hydrogen (secondary N) is 1. The molecule has 0 saturated heterocycles. The van der Waals surface area contributed by atoms with Crippen molar-refractivity contribution in [2.45, 2.75) is 18.1 Å². The first kappa shape index (κ1) is 16.7. The highest BCUT2D eigenvalue weighted by Gasteiger charge is 2.14. The second-order valence-electron chi connectivity index (χ2n) is 6.07. The van der Waals surface area contributed by atoms with Crippen LogP contribution >= 0.6 is 11.8 Å². The molecule has 2 heterocycles. The van der Waals surface area contributed by atoms with Crippen molar-refractivity contribution in [3.63, 3.8) is 0 Å². The van der Waals surface area contributed by atoms with Crippen LogP contribution in [0.25, 0.3) is 11.0 Å². The van der Waals surface area contributed by atoms with Crippen LogP contribution in [0.1, 0.15) is 16.1 Å². The monoisotopic (exact) mass is 361 g/mol. The molecule has 2 aromatic carbocycles. The Balaban J connectivity index is 1.56. The molecule has 0 saturated carbocycles. The number of aromatic nitrogens is 3. The Morgan fingerprint density at radius 3 is 2.62 bits per heavy atom. The van der Waals surface area contributed by atoms with Crippen LogP contribution in [-0.2, 0) is 13.0 Å². The number of hydrogen-bond donors (Lipinski definition) is 1. The lowest BCUT2D eigenvalue weighted by molar-refractivity contribution is 0.101. The molecule has 130 valence electrons. The molecular weight excluding hydrogens is 342 g/mol. The first-order valence-electron chi connectivity index (χ1n) is 8.60. The number of aryl methyl sites for hydroxylation is 2. The van der Waals surface area contributed by atoms with Gasteiger partial charge in [0.2, 0.25) is 0 Å². The molecule has 5 heteroatoms.